The van der Waals surface area contributed by atoms with Gasteiger partial charge in [-0.25, -0.2) is 4.99 Å². The molecule has 1 amide bonds. The Morgan fingerprint density at radius 1 is 1.00 bits per heavy atom. The number of para-hydroxylation sites is 2. The van der Waals surface area contributed by atoms with Crippen molar-refractivity contribution in [1.29, 1.82) is 0 Å². The summed E-state index contributed by atoms with van der Waals surface area (Å²) in [5.41, 5.74) is 4.93. The summed E-state index contributed by atoms with van der Waals surface area (Å²) in [7, 11) is 1.61. The number of ether oxygens (including phenoxy) is 1. The Morgan fingerprint density at radius 3 is 2.44 bits per heavy atom. The number of hydrogen-bond acceptors (Lipinski definition) is 5. The standard InChI is InChI=1S/C35H34N4O3S/c1-5-37(6-2)34(41)31-23(3)36-35-39(32(31)27-17-11-13-19-29(27)42-4)33(40)30(43-35)20-25-22-38(21-24-14-8-7-9-15-24)28-18-12-10-16-26(25)28/h7-20,22,32H,5-6,21H2,1-4H3/b30-20+/t32-/m1/s1. The zero-order valence-electron chi connectivity index (χ0n) is 24.8. The Labute approximate surface area is 254 Å². The summed E-state index contributed by atoms with van der Waals surface area (Å²) >= 11 is 1.35. The van der Waals surface area contributed by atoms with Gasteiger partial charge in [-0.1, -0.05) is 78.1 Å². The van der Waals surface area contributed by atoms with Crippen molar-refractivity contribution in [3.63, 3.8) is 0 Å². The van der Waals surface area contributed by atoms with Crippen molar-refractivity contribution in [3.05, 3.63) is 133 Å². The summed E-state index contributed by atoms with van der Waals surface area (Å²) in [6.07, 6.45) is 4.06. The number of nitrogens with zero attached hydrogens (tertiary/aromatic N) is 4. The van der Waals surface area contributed by atoms with Gasteiger partial charge in [0.25, 0.3) is 11.5 Å². The van der Waals surface area contributed by atoms with E-state index in [2.05, 4.69) is 35.0 Å². The number of amides is 1. The molecule has 0 saturated carbocycles. The first-order valence-electron chi connectivity index (χ1n) is 14.5. The molecule has 0 bridgehead atoms. The second kappa shape index (κ2) is 11.9. The number of likely N-dealkylation sites (N-methyl/N-ethyl adjacent to an activating group) is 1. The van der Waals surface area contributed by atoms with Gasteiger partial charge in [0.15, 0.2) is 4.80 Å². The Morgan fingerprint density at radius 2 is 1.70 bits per heavy atom. The highest BCUT2D eigenvalue weighted by Crippen LogP contribution is 2.36. The SMILES string of the molecule is CCN(CC)C(=O)C1=C(C)N=c2s/c(=C/c3cn(Cc4ccccc4)c4ccccc34)c(=O)n2[C@@H]1c1ccccc1OC. The molecule has 6 rings (SSSR count). The van der Waals surface area contributed by atoms with Crippen molar-refractivity contribution >= 4 is 34.2 Å². The molecule has 1 aliphatic rings. The average Bonchev–Trinajstić information content (AvgIpc) is 3.53. The van der Waals surface area contributed by atoms with E-state index in [1.54, 1.807) is 16.6 Å². The van der Waals surface area contributed by atoms with Crippen LogP contribution in [0, 0.1) is 0 Å². The van der Waals surface area contributed by atoms with E-state index >= 15 is 0 Å². The third-order valence-electron chi connectivity index (χ3n) is 8.04. The van der Waals surface area contributed by atoms with Crippen molar-refractivity contribution in [2.75, 3.05) is 20.2 Å². The summed E-state index contributed by atoms with van der Waals surface area (Å²) in [5, 5.41) is 1.07. The van der Waals surface area contributed by atoms with Gasteiger partial charge < -0.3 is 14.2 Å². The van der Waals surface area contributed by atoms with Crippen LogP contribution >= 0.6 is 11.3 Å². The summed E-state index contributed by atoms with van der Waals surface area (Å²) < 4.78 is 10.2. The zero-order valence-corrected chi connectivity index (χ0v) is 25.6. The van der Waals surface area contributed by atoms with Crippen molar-refractivity contribution in [1.82, 2.24) is 14.0 Å². The highest BCUT2D eigenvalue weighted by atomic mass is 32.1. The van der Waals surface area contributed by atoms with E-state index in [1.807, 2.05) is 81.4 Å². The number of hydrogen-bond donors (Lipinski definition) is 0. The molecule has 0 N–H and O–H groups in total. The number of allylic oxidation sites excluding steroid dienone is 1. The highest BCUT2D eigenvalue weighted by Gasteiger charge is 2.35. The Bertz CT molecular complexity index is 2030. The van der Waals surface area contributed by atoms with E-state index in [0.29, 0.717) is 39.4 Å². The first-order chi connectivity index (χ1) is 20.9. The van der Waals surface area contributed by atoms with E-state index in [9.17, 15) is 9.59 Å². The van der Waals surface area contributed by atoms with Crippen LogP contribution in [0.2, 0.25) is 0 Å². The number of rotatable bonds is 8. The highest BCUT2D eigenvalue weighted by molar-refractivity contribution is 7.07. The lowest BCUT2D eigenvalue weighted by Gasteiger charge is -2.29. The molecule has 1 atom stereocenters. The van der Waals surface area contributed by atoms with Gasteiger partial charge in [-0.05, 0) is 44.5 Å². The Balaban J connectivity index is 1.54. The number of fused-ring (bicyclic) bond motifs is 2. The van der Waals surface area contributed by atoms with Gasteiger partial charge in [0.1, 0.15) is 11.8 Å². The molecule has 0 saturated heterocycles. The second-order valence-corrected chi connectivity index (χ2v) is 11.5. The van der Waals surface area contributed by atoms with Crippen LogP contribution in [0.1, 0.15) is 43.5 Å². The molecule has 0 aliphatic carbocycles. The third-order valence-corrected chi connectivity index (χ3v) is 9.02. The first kappa shape index (κ1) is 28.4. The minimum atomic E-state index is -0.665. The van der Waals surface area contributed by atoms with Crippen LogP contribution in [-0.2, 0) is 11.3 Å². The van der Waals surface area contributed by atoms with Crippen LogP contribution in [0.15, 0.2) is 106 Å². The van der Waals surface area contributed by atoms with Crippen LogP contribution < -0.4 is 19.6 Å². The van der Waals surface area contributed by atoms with E-state index in [1.165, 1.54) is 16.9 Å². The predicted octanol–water partition coefficient (Wildman–Crippen LogP) is 5.12. The maximum Gasteiger partial charge on any atom is 0.271 e. The molecule has 0 unspecified atom stereocenters. The zero-order chi connectivity index (χ0) is 30.1. The van der Waals surface area contributed by atoms with Crippen molar-refractivity contribution in [3.8, 4) is 5.75 Å². The smallest absolute Gasteiger partial charge is 0.271 e. The predicted molar refractivity (Wildman–Crippen MR) is 172 cm³/mol. The molecular weight excluding hydrogens is 556 g/mol. The third kappa shape index (κ3) is 5.12. The Kier molecular flexibility index (Phi) is 7.86. The molecule has 7 nitrogen and oxygen atoms in total. The lowest BCUT2D eigenvalue weighted by molar-refractivity contribution is -0.127. The van der Waals surface area contributed by atoms with Gasteiger partial charge in [0.05, 0.1) is 22.9 Å². The monoisotopic (exact) mass is 590 g/mol. The molecule has 3 heterocycles. The van der Waals surface area contributed by atoms with Crippen LogP contribution in [0.4, 0.5) is 0 Å². The largest absolute Gasteiger partial charge is 0.496 e. The number of carbonyl (C=O) groups is 1. The average molecular weight is 591 g/mol. The van der Waals surface area contributed by atoms with Gasteiger partial charge in [0, 0.05) is 47.9 Å². The summed E-state index contributed by atoms with van der Waals surface area (Å²) in [5.74, 6) is 0.492. The van der Waals surface area contributed by atoms with E-state index in [0.717, 1.165) is 28.6 Å². The second-order valence-electron chi connectivity index (χ2n) is 10.5. The first-order valence-corrected chi connectivity index (χ1v) is 15.3. The Hall–Kier alpha value is -4.69. The van der Waals surface area contributed by atoms with Gasteiger partial charge in [-0.2, -0.15) is 0 Å². The van der Waals surface area contributed by atoms with Crippen molar-refractivity contribution in [2.45, 2.75) is 33.4 Å². The molecule has 2 aromatic heterocycles. The molecule has 8 heteroatoms. The fourth-order valence-corrected chi connectivity index (χ4v) is 6.94. The maximum atomic E-state index is 14.3. The van der Waals surface area contributed by atoms with E-state index in [-0.39, 0.29) is 11.5 Å². The number of carbonyl (C=O) groups excluding carboxylic acids is 1. The van der Waals surface area contributed by atoms with Gasteiger partial charge in [0.2, 0.25) is 0 Å². The summed E-state index contributed by atoms with van der Waals surface area (Å²) in [6, 6.07) is 25.5. The fourth-order valence-electron chi connectivity index (χ4n) is 5.91. The molecular formula is C35H34N4O3S. The minimum absolute atomic E-state index is 0.125. The topological polar surface area (TPSA) is 68.8 Å². The fraction of sp³-hybridized carbons (Fsp3) is 0.229. The van der Waals surface area contributed by atoms with E-state index < -0.39 is 6.04 Å². The number of benzene rings is 3. The van der Waals surface area contributed by atoms with Crippen LogP contribution in [0.3, 0.4) is 0 Å². The quantitative estimate of drug-likeness (QED) is 0.252. The summed E-state index contributed by atoms with van der Waals surface area (Å²) in [6.45, 7) is 7.61. The van der Waals surface area contributed by atoms with Crippen LogP contribution in [0.5, 0.6) is 5.75 Å². The minimum Gasteiger partial charge on any atom is -0.496 e. The normalized spacial score (nSPS) is 15.0. The molecule has 218 valence electrons. The molecule has 0 radical (unpaired) electrons. The molecule has 1 aliphatic heterocycles. The van der Waals surface area contributed by atoms with Gasteiger partial charge >= 0.3 is 0 Å². The summed E-state index contributed by atoms with van der Waals surface area (Å²) in [4.78, 5) is 35.4. The number of methoxy groups -OCH3 is 1. The van der Waals surface area contributed by atoms with Crippen molar-refractivity contribution in [2.24, 2.45) is 4.99 Å². The van der Waals surface area contributed by atoms with Gasteiger partial charge in [-0.3, -0.25) is 14.2 Å². The van der Waals surface area contributed by atoms with Crippen LogP contribution in [0.25, 0.3) is 17.0 Å². The van der Waals surface area contributed by atoms with Crippen LogP contribution in [-0.4, -0.2) is 40.1 Å². The number of thiazole rings is 1. The molecule has 0 fully saturated rings. The lowest BCUT2D eigenvalue weighted by atomic mass is 9.94. The molecule has 5 aromatic rings. The molecule has 43 heavy (non-hydrogen) atoms. The maximum absolute atomic E-state index is 14.3. The molecule has 0 spiro atoms. The molecule has 3 aromatic carbocycles. The number of aromatic nitrogens is 2. The van der Waals surface area contributed by atoms with Crippen molar-refractivity contribution < 1.29 is 9.53 Å². The van der Waals surface area contributed by atoms with Gasteiger partial charge in [-0.15, -0.1) is 0 Å². The van der Waals surface area contributed by atoms with E-state index in [4.69, 9.17) is 9.73 Å². The lowest BCUT2D eigenvalue weighted by Crippen LogP contribution is -2.43.